The third kappa shape index (κ3) is 2.60. The third-order valence-corrected chi connectivity index (χ3v) is 1.27. The molecule has 44 valence electrons. The van der Waals surface area contributed by atoms with Gasteiger partial charge in [-0.2, -0.15) is 0 Å². The van der Waals surface area contributed by atoms with Crippen molar-refractivity contribution in [2.45, 2.75) is 19.9 Å². The topological polar surface area (TPSA) is 52.0 Å². The number of hydrogen-bond acceptors (Lipinski definition) is 2. The van der Waals surface area contributed by atoms with Gasteiger partial charge < -0.3 is 11.5 Å². The van der Waals surface area contributed by atoms with E-state index in [9.17, 15) is 0 Å². The molecule has 2 nitrogen and oxygen atoms in total. The molecule has 0 aromatic rings. The van der Waals surface area contributed by atoms with Gasteiger partial charge >= 0.3 is 0 Å². The minimum absolute atomic E-state index is 0.241. The molecule has 7 heavy (non-hydrogen) atoms. The molecule has 0 heterocycles. The Morgan fingerprint density at radius 1 is 1.43 bits per heavy atom. The molecule has 0 aromatic carbocycles. The quantitative estimate of drug-likeness (QED) is 0.512. The highest BCUT2D eigenvalue weighted by atomic mass is 14.7. The predicted molar refractivity (Wildman–Crippen MR) is 31.9 cm³/mol. The largest absolute Gasteiger partial charge is 0.330 e. The summed E-state index contributed by atoms with van der Waals surface area (Å²) >= 11 is 0. The van der Waals surface area contributed by atoms with Gasteiger partial charge in [0.25, 0.3) is 0 Å². The lowest BCUT2D eigenvalue weighted by atomic mass is 10.1. The second-order valence-electron chi connectivity index (χ2n) is 2.07. The van der Waals surface area contributed by atoms with Gasteiger partial charge in [-0.05, 0) is 19.4 Å². The minimum Gasteiger partial charge on any atom is -0.330 e. The van der Waals surface area contributed by atoms with Crippen LogP contribution < -0.4 is 11.5 Å². The monoisotopic (exact) mass is 102 g/mol. The second-order valence-corrected chi connectivity index (χ2v) is 2.07. The molecule has 0 aliphatic rings. The summed E-state index contributed by atoms with van der Waals surface area (Å²) in [5.74, 6) is 0.458. The van der Waals surface area contributed by atoms with E-state index >= 15 is 0 Å². The average Bonchev–Trinajstić information content (AvgIpc) is 1.65. The van der Waals surface area contributed by atoms with Crippen molar-refractivity contribution in [3.63, 3.8) is 0 Å². The Morgan fingerprint density at radius 3 is 1.86 bits per heavy atom. The van der Waals surface area contributed by atoms with E-state index in [-0.39, 0.29) is 6.04 Å². The van der Waals surface area contributed by atoms with E-state index in [2.05, 4.69) is 0 Å². The Balaban J connectivity index is 3.14. The molecule has 0 rings (SSSR count). The summed E-state index contributed by atoms with van der Waals surface area (Å²) in [5.41, 5.74) is 10.8. The highest BCUT2D eigenvalue weighted by molar-refractivity contribution is 4.62. The lowest BCUT2D eigenvalue weighted by Crippen LogP contribution is -2.29. The van der Waals surface area contributed by atoms with Crippen molar-refractivity contribution in [2.75, 3.05) is 6.54 Å². The summed E-state index contributed by atoms with van der Waals surface area (Å²) in [6.07, 6.45) is 0. The van der Waals surface area contributed by atoms with Crippen LogP contribution in [0.4, 0.5) is 0 Å². The average molecular weight is 102 g/mol. The second kappa shape index (κ2) is 2.99. The van der Waals surface area contributed by atoms with E-state index in [1.165, 1.54) is 0 Å². The van der Waals surface area contributed by atoms with Gasteiger partial charge in [0.05, 0.1) is 0 Å². The molecule has 2 atom stereocenters. The van der Waals surface area contributed by atoms with Crippen molar-refractivity contribution in [3.05, 3.63) is 0 Å². The van der Waals surface area contributed by atoms with Crippen LogP contribution in [0.5, 0.6) is 0 Å². The summed E-state index contributed by atoms with van der Waals surface area (Å²) in [6.45, 7) is 4.71. The van der Waals surface area contributed by atoms with E-state index < -0.39 is 0 Å². The zero-order chi connectivity index (χ0) is 5.86. The standard InChI is InChI=1S/C5H14N2/c1-4(3-6)5(2)7/h4-5H,3,6-7H2,1-2H3/t4-,5?/m0/s1. The highest BCUT2D eigenvalue weighted by Crippen LogP contribution is 1.93. The molecule has 2 heteroatoms. The Bertz CT molecular complexity index is 43.3. The van der Waals surface area contributed by atoms with Gasteiger partial charge in [-0.1, -0.05) is 6.92 Å². The van der Waals surface area contributed by atoms with Crippen LogP contribution in [0.25, 0.3) is 0 Å². The molecule has 0 amide bonds. The SMILES string of the molecule is CC(N)[C@@H](C)CN. The molecular formula is C5H14N2. The van der Waals surface area contributed by atoms with Crippen LogP contribution in [-0.2, 0) is 0 Å². The van der Waals surface area contributed by atoms with Crippen molar-refractivity contribution >= 4 is 0 Å². The molecule has 0 radical (unpaired) electrons. The maximum Gasteiger partial charge on any atom is 0.00481 e. The van der Waals surface area contributed by atoms with E-state index in [1.807, 2.05) is 13.8 Å². The fourth-order valence-corrected chi connectivity index (χ4v) is 0.215. The molecule has 1 unspecified atom stereocenters. The predicted octanol–water partition coefficient (Wildman–Crippen LogP) is -0.0716. The normalized spacial score (nSPS) is 18.9. The lowest BCUT2D eigenvalue weighted by Gasteiger charge is -2.10. The zero-order valence-electron chi connectivity index (χ0n) is 5.02. The van der Waals surface area contributed by atoms with E-state index in [4.69, 9.17) is 11.5 Å². The maximum absolute atomic E-state index is 5.47. The lowest BCUT2D eigenvalue weighted by molar-refractivity contribution is 0.495. The summed E-state index contributed by atoms with van der Waals surface area (Å²) < 4.78 is 0. The Hall–Kier alpha value is -0.0800. The van der Waals surface area contributed by atoms with Gasteiger partial charge in [0.2, 0.25) is 0 Å². The van der Waals surface area contributed by atoms with E-state index in [1.54, 1.807) is 0 Å². The zero-order valence-corrected chi connectivity index (χ0v) is 5.02. The van der Waals surface area contributed by atoms with Crippen molar-refractivity contribution in [2.24, 2.45) is 17.4 Å². The molecule has 0 bridgehead atoms. The van der Waals surface area contributed by atoms with Gasteiger partial charge in [0, 0.05) is 6.04 Å². The highest BCUT2D eigenvalue weighted by Gasteiger charge is 2.01. The van der Waals surface area contributed by atoms with Crippen LogP contribution in [-0.4, -0.2) is 12.6 Å². The first-order chi connectivity index (χ1) is 3.18. The van der Waals surface area contributed by atoms with E-state index in [0.29, 0.717) is 12.5 Å². The molecule has 0 saturated heterocycles. The van der Waals surface area contributed by atoms with E-state index in [0.717, 1.165) is 0 Å². The number of nitrogens with two attached hydrogens (primary N) is 2. The fraction of sp³-hybridized carbons (Fsp3) is 1.00. The summed E-state index contributed by atoms with van der Waals surface area (Å²) in [4.78, 5) is 0. The van der Waals surface area contributed by atoms with Gasteiger partial charge in [0.15, 0.2) is 0 Å². The van der Waals surface area contributed by atoms with Crippen molar-refractivity contribution in [1.29, 1.82) is 0 Å². The first-order valence-corrected chi connectivity index (χ1v) is 2.64. The fourth-order valence-electron chi connectivity index (χ4n) is 0.215. The van der Waals surface area contributed by atoms with Crippen molar-refractivity contribution in [1.82, 2.24) is 0 Å². The first kappa shape index (κ1) is 6.92. The summed E-state index contributed by atoms with van der Waals surface area (Å²) in [7, 11) is 0. The van der Waals surface area contributed by atoms with Crippen LogP contribution in [0.2, 0.25) is 0 Å². The Kier molecular flexibility index (Phi) is 2.96. The Labute approximate surface area is 44.9 Å². The van der Waals surface area contributed by atoms with Gasteiger partial charge in [-0.15, -0.1) is 0 Å². The molecule has 0 saturated carbocycles. The summed E-state index contributed by atoms with van der Waals surface area (Å²) in [6, 6.07) is 0.241. The number of hydrogen-bond donors (Lipinski definition) is 2. The third-order valence-electron chi connectivity index (χ3n) is 1.27. The molecule has 0 aliphatic heterocycles. The molecule has 0 fully saturated rings. The molecule has 4 N–H and O–H groups in total. The van der Waals surface area contributed by atoms with Gasteiger partial charge in [-0.25, -0.2) is 0 Å². The molecule has 0 spiro atoms. The number of rotatable bonds is 2. The van der Waals surface area contributed by atoms with Crippen molar-refractivity contribution in [3.8, 4) is 0 Å². The van der Waals surface area contributed by atoms with Gasteiger partial charge in [-0.3, -0.25) is 0 Å². The molecule has 0 aliphatic carbocycles. The van der Waals surface area contributed by atoms with Crippen LogP contribution >= 0.6 is 0 Å². The molecular weight excluding hydrogens is 88.1 g/mol. The smallest absolute Gasteiger partial charge is 0.00481 e. The maximum atomic E-state index is 5.47. The van der Waals surface area contributed by atoms with Crippen LogP contribution in [0.3, 0.4) is 0 Å². The van der Waals surface area contributed by atoms with Gasteiger partial charge in [0.1, 0.15) is 0 Å². The minimum atomic E-state index is 0.241. The van der Waals surface area contributed by atoms with Crippen molar-refractivity contribution < 1.29 is 0 Å². The molecule has 0 aromatic heterocycles. The van der Waals surface area contributed by atoms with Crippen LogP contribution in [0.15, 0.2) is 0 Å². The van der Waals surface area contributed by atoms with Crippen LogP contribution in [0.1, 0.15) is 13.8 Å². The van der Waals surface area contributed by atoms with Crippen LogP contribution in [0, 0.1) is 5.92 Å². The Morgan fingerprint density at radius 2 is 1.86 bits per heavy atom. The first-order valence-electron chi connectivity index (χ1n) is 2.64. The summed E-state index contributed by atoms with van der Waals surface area (Å²) in [5, 5.41) is 0.